The predicted molar refractivity (Wildman–Crippen MR) is 46.6 cm³/mol. The molecule has 2 heterocycles. The molecule has 0 unspecified atom stereocenters. The summed E-state index contributed by atoms with van der Waals surface area (Å²) in [5.74, 6) is 0. The first-order valence-corrected chi connectivity index (χ1v) is 5.64. The minimum absolute atomic E-state index is 0.259. The minimum atomic E-state index is -3.26. The van der Waals surface area contributed by atoms with E-state index in [1.54, 1.807) is 0 Å². The van der Waals surface area contributed by atoms with Crippen LogP contribution in [-0.4, -0.2) is 36.0 Å². The molecule has 1 N–H and O–H groups in total. The van der Waals surface area contributed by atoms with E-state index in [2.05, 4.69) is 10.2 Å². The Morgan fingerprint density at radius 1 is 1.38 bits per heavy atom. The Hall–Kier alpha value is -0.880. The van der Waals surface area contributed by atoms with Gasteiger partial charge in [-0.3, -0.25) is 5.10 Å². The van der Waals surface area contributed by atoms with Crippen LogP contribution in [0.1, 0.15) is 12.8 Å². The maximum absolute atomic E-state index is 11.8. The number of hydrogen-bond donors (Lipinski definition) is 1. The molecule has 1 saturated heterocycles. The Labute approximate surface area is 76.8 Å². The van der Waals surface area contributed by atoms with Gasteiger partial charge in [-0.2, -0.15) is 9.40 Å². The van der Waals surface area contributed by atoms with Crippen LogP contribution in [0.25, 0.3) is 0 Å². The van der Waals surface area contributed by atoms with E-state index in [9.17, 15) is 8.42 Å². The maximum Gasteiger partial charge on any atom is 0.246 e. The standard InChI is InChI=1S/C7H11N3O2S/c11-13(12,7-5-8-9-6-7)10-3-1-2-4-10/h5-6H,1-4H2,(H,8,9). The van der Waals surface area contributed by atoms with Crippen molar-refractivity contribution in [3.63, 3.8) is 0 Å². The molecule has 72 valence electrons. The van der Waals surface area contributed by atoms with E-state index in [1.807, 2.05) is 0 Å². The first-order chi connectivity index (χ1) is 6.21. The third kappa shape index (κ3) is 1.47. The summed E-state index contributed by atoms with van der Waals surface area (Å²) in [4.78, 5) is 0.259. The molecule has 1 fully saturated rings. The van der Waals surface area contributed by atoms with Crippen molar-refractivity contribution in [2.24, 2.45) is 0 Å². The molecule has 1 aromatic rings. The normalized spacial score (nSPS) is 19.4. The molecule has 5 nitrogen and oxygen atoms in total. The fourth-order valence-electron chi connectivity index (χ4n) is 1.46. The van der Waals surface area contributed by atoms with Gasteiger partial charge in [-0.1, -0.05) is 0 Å². The molecule has 0 aromatic carbocycles. The maximum atomic E-state index is 11.8. The average Bonchev–Trinajstić information content (AvgIpc) is 2.78. The molecule has 0 radical (unpaired) electrons. The lowest BCUT2D eigenvalue weighted by atomic mass is 10.4. The zero-order chi connectivity index (χ0) is 9.31. The molecule has 1 aromatic heterocycles. The van der Waals surface area contributed by atoms with Crippen LogP contribution in [0.5, 0.6) is 0 Å². The van der Waals surface area contributed by atoms with E-state index < -0.39 is 10.0 Å². The van der Waals surface area contributed by atoms with Crippen molar-refractivity contribution in [3.05, 3.63) is 12.4 Å². The van der Waals surface area contributed by atoms with Crippen LogP contribution in [-0.2, 0) is 10.0 Å². The topological polar surface area (TPSA) is 66.1 Å². The van der Waals surface area contributed by atoms with Gasteiger partial charge in [0.15, 0.2) is 0 Å². The fourth-order valence-corrected chi connectivity index (χ4v) is 2.88. The summed E-state index contributed by atoms with van der Waals surface area (Å²) >= 11 is 0. The third-order valence-corrected chi connectivity index (χ3v) is 4.04. The van der Waals surface area contributed by atoms with Crippen molar-refractivity contribution in [1.29, 1.82) is 0 Å². The van der Waals surface area contributed by atoms with Crippen LogP contribution in [0.15, 0.2) is 17.3 Å². The lowest BCUT2D eigenvalue weighted by molar-refractivity contribution is 0.477. The van der Waals surface area contributed by atoms with Gasteiger partial charge in [0.2, 0.25) is 10.0 Å². The summed E-state index contributed by atoms with van der Waals surface area (Å²) in [5.41, 5.74) is 0. The zero-order valence-corrected chi connectivity index (χ0v) is 7.92. The van der Waals surface area contributed by atoms with Gasteiger partial charge >= 0.3 is 0 Å². The highest BCUT2D eigenvalue weighted by atomic mass is 32.2. The predicted octanol–water partition coefficient (Wildman–Crippen LogP) is 0.194. The van der Waals surface area contributed by atoms with E-state index in [4.69, 9.17) is 0 Å². The highest BCUT2D eigenvalue weighted by molar-refractivity contribution is 7.89. The first kappa shape index (κ1) is 8.71. The van der Waals surface area contributed by atoms with Gasteiger partial charge in [0.25, 0.3) is 0 Å². The molecular weight excluding hydrogens is 190 g/mol. The molecule has 2 rings (SSSR count). The summed E-state index contributed by atoms with van der Waals surface area (Å²) in [6, 6.07) is 0. The summed E-state index contributed by atoms with van der Waals surface area (Å²) in [6.07, 6.45) is 4.66. The Morgan fingerprint density at radius 2 is 2.08 bits per heavy atom. The van der Waals surface area contributed by atoms with Crippen LogP contribution in [0.3, 0.4) is 0 Å². The van der Waals surface area contributed by atoms with Crippen molar-refractivity contribution in [3.8, 4) is 0 Å². The SMILES string of the molecule is O=S(=O)(c1cn[nH]c1)N1CCCC1. The summed E-state index contributed by atoms with van der Waals surface area (Å²) in [7, 11) is -3.26. The van der Waals surface area contributed by atoms with Crippen LogP contribution in [0.4, 0.5) is 0 Å². The van der Waals surface area contributed by atoms with E-state index in [-0.39, 0.29) is 4.90 Å². The van der Waals surface area contributed by atoms with Crippen LogP contribution >= 0.6 is 0 Å². The van der Waals surface area contributed by atoms with Gasteiger partial charge in [-0.15, -0.1) is 0 Å². The molecule has 0 spiro atoms. The lowest BCUT2D eigenvalue weighted by Crippen LogP contribution is -2.27. The quantitative estimate of drug-likeness (QED) is 0.743. The Bertz CT molecular complexity index is 364. The summed E-state index contributed by atoms with van der Waals surface area (Å²) < 4.78 is 25.0. The van der Waals surface area contributed by atoms with Gasteiger partial charge in [0.1, 0.15) is 4.90 Å². The van der Waals surface area contributed by atoms with Crippen LogP contribution in [0, 0.1) is 0 Å². The highest BCUT2D eigenvalue weighted by Gasteiger charge is 2.27. The molecule has 0 bridgehead atoms. The van der Waals surface area contributed by atoms with Gasteiger partial charge < -0.3 is 0 Å². The largest absolute Gasteiger partial charge is 0.284 e. The summed E-state index contributed by atoms with van der Waals surface area (Å²) in [5, 5.41) is 6.13. The molecule has 0 saturated carbocycles. The Balaban J connectivity index is 2.30. The second-order valence-corrected chi connectivity index (χ2v) is 4.98. The molecule has 0 atom stereocenters. The van der Waals surface area contributed by atoms with Crippen molar-refractivity contribution in [1.82, 2.24) is 14.5 Å². The van der Waals surface area contributed by atoms with Crippen molar-refractivity contribution >= 4 is 10.0 Å². The molecule has 0 amide bonds. The molecule has 6 heteroatoms. The van der Waals surface area contributed by atoms with E-state index in [0.29, 0.717) is 13.1 Å². The minimum Gasteiger partial charge on any atom is -0.284 e. The van der Waals surface area contributed by atoms with Crippen molar-refractivity contribution < 1.29 is 8.42 Å². The first-order valence-electron chi connectivity index (χ1n) is 4.20. The number of rotatable bonds is 2. The van der Waals surface area contributed by atoms with E-state index in [0.717, 1.165) is 12.8 Å². The number of nitrogens with zero attached hydrogens (tertiary/aromatic N) is 2. The van der Waals surface area contributed by atoms with Crippen LogP contribution in [0.2, 0.25) is 0 Å². The second-order valence-electron chi connectivity index (χ2n) is 3.05. The number of aromatic nitrogens is 2. The Kier molecular flexibility index (Phi) is 2.09. The molecule has 1 aliphatic rings. The number of aromatic amines is 1. The van der Waals surface area contributed by atoms with Gasteiger partial charge in [0, 0.05) is 19.3 Å². The smallest absolute Gasteiger partial charge is 0.246 e. The van der Waals surface area contributed by atoms with E-state index in [1.165, 1.54) is 16.7 Å². The van der Waals surface area contributed by atoms with Crippen LogP contribution < -0.4 is 0 Å². The number of sulfonamides is 1. The van der Waals surface area contributed by atoms with Gasteiger partial charge in [-0.05, 0) is 12.8 Å². The molecule has 0 aliphatic carbocycles. The lowest BCUT2D eigenvalue weighted by Gasteiger charge is -2.12. The third-order valence-electron chi connectivity index (χ3n) is 2.18. The number of H-pyrrole nitrogens is 1. The van der Waals surface area contributed by atoms with Crippen molar-refractivity contribution in [2.45, 2.75) is 17.7 Å². The summed E-state index contributed by atoms with van der Waals surface area (Å²) in [6.45, 7) is 1.26. The Morgan fingerprint density at radius 3 is 2.62 bits per heavy atom. The monoisotopic (exact) mass is 201 g/mol. The zero-order valence-electron chi connectivity index (χ0n) is 7.10. The average molecular weight is 201 g/mol. The van der Waals surface area contributed by atoms with Gasteiger partial charge in [-0.25, -0.2) is 8.42 Å². The molecule has 1 aliphatic heterocycles. The van der Waals surface area contributed by atoms with E-state index >= 15 is 0 Å². The number of hydrogen-bond acceptors (Lipinski definition) is 3. The highest BCUT2D eigenvalue weighted by Crippen LogP contribution is 2.18. The van der Waals surface area contributed by atoms with Crippen molar-refractivity contribution in [2.75, 3.05) is 13.1 Å². The molecule has 13 heavy (non-hydrogen) atoms. The number of nitrogens with one attached hydrogen (secondary N) is 1. The second kappa shape index (κ2) is 3.12. The fraction of sp³-hybridized carbons (Fsp3) is 0.571. The molecular formula is C7H11N3O2S. The van der Waals surface area contributed by atoms with Gasteiger partial charge in [0.05, 0.1) is 6.20 Å².